The van der Waals surface area contributed by atoms with Gasteiger partial charge in [-0.1, -0.05) is 18.2 Å². The van der Waals surface area contributed by atoms with Crippen molar-refractivity contribution in [1.29, 1.82) is 0 Å². The molecule has 0 bridgehead atoms. The van der Waals surface area contributed by atoms with E-state index in [1.54, 1.807) is 19.1 Å². The van der Waals surface area contributed by atoms with Crippen LogP contribution in [0.2, 0.25) is 0 Å². The Hall–Kier alpha value is -3.37. The molecule has 182 valence electrons. The van der Waals surface area contributed by atoms with Crippen molar-refractivity contribution in [2.75, 3.05) is 19.7 Å². The molecule has 0 unspecified atom stereocenters. The fourth-order valence-electron chi connectivity index (χ4n) is 4.65. The van der Waals surface area contributed by atoms with Crippen molar-refractivity contribution in [2.45, 2.75) is 50.7 Å². The summed E-state index contributed by atoms with van der Waals surface area (Å²) in [6, 6.07) is 7.07. The molecule has 11 heteroatoms. The molecule has 4 rings (SSSR count). The summed E-state index contributed by atoms with van der Waals surface area (Å²) in [5.74, 6) is -1.73. The van der Waals surface area contributed by atoms with Crippen LogP contribution in [0.3, 0.4) is 0 Å². The van der Waals surface area contributed by atoms with Gasteiger partial charge < -0.3 is 15.0 Å². The second-order valence-electron chi connectivity index (χ2n) is 8.52. The first-order chi connectivity index (χ1) is 16.2. The molecule has 1 aliphatic carbocycles. The summed E-state index contributed by atoms with van der Waals surface area (Å²) in [6.45, 7) is -0.229. The molecule has 1 fully saturated rings. The van der Waals surface area contributed by atoms with Crippen LogP contribution in [0, 0.1) is 0 Å². The molecule has 2 N–H and O–H groups in total. The van der Waals surface area contributed by atoms with Gasteiger partial charge in [0.15, 0.2) is 5.76 Å². The number of aromatic nitrogens is 2. The zero-order chi connectivity index (χ0) is 24.5. The van der Waals surface area contributed by atoms with Gasteiger partial charge in [-0.15, -0.1) is 0 Å². The molecule has 0 saturated heterocycles. The van der Waals surface area contributed by atoms with Gasteiger partial charge in [0.1, 0.15) is 6.54 Å². The van der Waals surface area contributed by atoms with E-state index in [0.29, 0.717) is 36.0 Å². The first-order valence-electron chi connectivity index (χ1n) is 11.2. The number of amides is 2. The fourth-order valence-corrected chi connectivity index (χ4v) is 4.65. The Morgan fingerprint density at radius 3 is 2.50 bits per heavy atom. The van der Waals surface area contributed by atoms with E-state index < -0.39 is 31.1 Å². The van der Waals surface area contributed by atoms with Crippen molar-refractivity contribution in [1.82, 2.24) is 20.4 Å². The summed E-state index contributed by atoms with van der Waals surface area (Å²) in [5, 5.41) is 11.1. The Labute approximate surface area is 193 Å². The maximum absolute atomic E-state index is 12.9. The van der Waals surface area contributed by atoms with E-state index in [-0.39, 0.29) is 35.5 Å². The van der Waals surface area contributed by atoms with E-state index in [2.05, 4.69) is 15.5 Å². The van der Waals surface area contributed by atoms with Crippen molar-refractivity contribution >= 4 is 22.6 Å². The summed E-state index contributed by atoms with van der Waals surface area (Å²) in [6.07, 6.45) is -1.89. The molecule has 2 amide bonds. The third kappa shape index (κ3) is 4.92. The van der Waals surface area contributed by atoms with Gasteiger partial charge in [-0.2, -0.15) is 18.3 Å². The van der Waals surface area contributed by atoms with Gasteiger partial charge >= 0.3 is 6.18 Å². The summed E-state index contributed by atoms with van der Waals surface area (Å²) >= 11 is 0. The Kier molecular flexibility index (Phi) is 6.63. The number of hydrogen-bond donors (Lipinski definition) is 2. The molecule has 1 aliphatic heterocycles. The quantitative estimate of drug-likeness (QED) is 0.665. The fraction of sp³-hybridized carbons (Fsp3) is 0.478. The molecule has 0 spiro atoms. The molecular formula is C23H25F3N4O4. The van der Waals surface area contributed by atoms with E-state index in [1.807, 2.05) is 12.1 Å². The van der Waals surface area contributed by atoms with Crippen molar-refractivity contribution < 1.29 is 27.5 Å². The van der Waals surface area contributed by atoms with Gasteiger partial charge in [-0.05, 0) is 38.7 Å². The number of ether oxygens (including phenoxy) is 1. The monoisotopic (exact) mass is 478 g/mol. The normalized spacial score (nSPS) is 21.3. The Morgan fingerprint density at radius 1 is 1.18 bits per heavy atom. The van der Waals surface area contributed by atoms with Crippen LogP contribution in [0.1, 0.15) is 44.2 Å². The van der Waals surface area contributed by atoms with Gasteiger partial charge in [0.25, 0.3) is 17.4 Å². The highest BCUT2D eigenvalue weighted by atomic mass is 19.4. The Bertz CT molecular complexity index is 1180. The average Bonchev–Trinajstić information content (AvgIpc) is 3.09. The lowest BCUT2D eigenvalue weighted by atomic mass is 9.82. The molecular weight excluding hydrogens is 453 g/mol. The first-order valence-corrected chi connectivity index (χ1v) is 11.2. The highest BCUT2D eigenvalue weighted by molar-refractivity contribution is 6.07. The van der Waals surface area contributed by atoms with Gasteiger partial charge in [0.05, 0.1) is 29.8 Å². The molecule has 0 radical (unpaired) electrons. The van der Waals surface area contributed by atoms with Crippen molar-refractivity contribution in [2.24, 2.45) is 0 Å². The Morgan fingerprint density at radius 2 is 1.85 bits per heavy atom. The molecule has 1 aromatic carbocycles. The third-order valence-corrected chi connectivity index (χ3v) is 6.21. The number of halogens is 3. The number of H-pyrrole nitrogens is 1. The molecule has 34 heavy (non-hydrogen) atoms. The third-order valence-electron chi connectivity index (χ3n) is 6.21. The van der Waals surface area contributed by atoms with Gasteiger partial charge in [-0.3, -0.25) is 14.4 Å². The lowest BCUT2D eigenvalue weighted by molar-refractivity contribution is -0.157. The van der Waals surface area contributed by atoms with E-state index in [9.17, 15) is 27.6 Å². The Balaban J connectivity index is 1.42. The van der Waals surface area contributed by atoms with Crippen LogP contribution >= 0.6 is 0 Å². The van der Waals surface area contributed by atoms with Gasteiger partial charge in [0.2, 0.25) is 0 Å². The zero-order valence-electron chi connectivity index (χ0n) is 18.6. The number of carbonyl (C=O) groups excluding carboxylic acids is 2. The number of rotatable bonds is 6. The zero-order valence-corrected chi connectivity index (χ0v) is 18.6. The van der Waals surface area contributed by atoms with Crippen LogP contribution in [0.15, 0.2) is 40.4 Å². The topological polar surface area (TPSA) is 104 Å². The maximum atomic E-state index is 12.9. The molecule has 0 atom stereocenters. The van der Waals surface area contributed by atoms with Crippen LogP contribution in [0.4, 0.5) is 13.2 Å². The number of nitrogens with zero attached hydrogens (tertiary/aromatic N) is 2. The SMILES string of the molecule is CCOC1=C(C(=O)N[C@H]2CC[C@H](c3n[nH]c(=O)c4ccccc43)CC2)CN(CC(F)(F)F)C1=O. The number of fused-ring (bicyclic) bond motifs is 1. The summed E-state index contributed by atoms with van der Waals surface area (Å²) in [4.78, 5) is 37.8. The van der Waals surface area contributed by atoms with E-state index in [0.717, 1.165) is 11.1 Å². The summed E-state index contributed by atoms with van der Waals surface area (Å²) < 4.78 is 43.7. The van der Waals surface area contributed by atoms with Crippen molar-refractivity contribution in [3.63, 3.8) is 0 Å². The number of hydrogen-bond acceptors (Lipinski definition) is 5. The van der Waals surface area contributed by atoms with Crippen LogP contribution in [-0.2, 0) is 14.3 Å². The molecule has 8 nitrogen and oxygen atoms in total. The number of alkyl halides is 3. The second-order valence-corrected chi connectivity index (χ2v) is 8.52. The maximum Gasteiger partial charge on any atom is 0.406 e. The minimum absolute atomic E-state index is 0.0585. The number of aromatic amines is 1. The van der Waals surface area contributed by atoms with Crippen molar-refractivity contribution in [3.8, 4) is 0 Å². The highest BCUT2D eigenvalue weighted by Crippen LogP contribution is 2.35. The second kappa shape index (κ2) is 9.47. The largest absolute Gasteiger partial charge is 0.488 e. The van der Waals surface area contributed by atoms with Gasteiger partial charge in [-0.25, -0.2) is 5.10 Å². The average molecular weight is 478 g/mol. The lowest BCUT2D eigenvalue weighted by Gasteiger charge is -2.29. The standard InChI is InChI=1S/C23H25F3N4O4/c1-2-34-19-17(11-30(22(19)33)12-23(24,25)26)20(31)27-14-9-7-13(8-10-14)18-15-5-3-4-6-16(15)21(32)29-28-18/h3-6,13-14H,2,7-12H2,1H3,(H,27,31)(H,29,32)/t13-,14-. The highest BCUT2D eigenvalue weighted by Gasteiger charge is 2.42. The first kappa shape index (κ1) is 23.8. The van der Waals surface area contributed by atoms with Crippen molar-refractivity contribution in [3.05, 3.63) is 51.6 Å². The van der Waals surface area contributed by atoms with E-state index in [4.69, 9.17) is 4.74 Å². The van der Waals surface area contributed by atoms with E-state index >= 15 is 0 Å². The van der Waals surface area contributed by atoms with E-state index in [1.165, 1.54) is 0 Å². The molecule has 2 heterocycles. The molecule has 1 aromatic heterocycles. The minimum Gasteiger partial charge on any atom is -0.488 e. The predicted molar refractivity (Wildman–Crippen MR) is 117 cm³/mol. The molecule has 2 aliphatic rings. The number of benzene rings is 1. The van der Waals surface area contributed by atoms with Gasteiger partial charge in [0, 0.05) is 17.3 Å². The number of carbonyl (C=O) groups is 2. The minimum atomic E-state index is -4.57. The summed E-state index contributed by atoms with van der Waals surface area (Å²) in [5.41, 5.74) is 0.487. The smallest absolute Gasteiger partial charge is 0.406 e. The lowest BCUT2D eigenvalue weighted by Crippen LogP contribution is -2.40. The van der Waals surface area contributed by atoms with Crippen LogP contribution in [-0.4, -0.2) is 58.8 Å². The molecule has 2 aromatic rings. The van der Waals surface area contributed by atoms with Crippen LogP contribution in [0.25, 0.3) is 10.8 Å². The molecule has 1 saturated carbocycles. The van der Waals surface area contributed by atoms with Crippen LogP contribution < -0.4 is 10.9 Å². The number of nitrogens with one attached hydrogen (secondary N) is 2. The summed E-state index contributed by atoms with van der Waals surface area (Å²) in [7, 11) is 0. The predicted octanol–water partition coefficient (Wildman–Crippen LogP) is 2.76. The van der Waals surface area contributed by atoms with Crippen LogP contribution in [0.5, 0.6) is 0 Å².